The summed E-state index contributed by atoms with van der Waals surface area (Å²) in [7, 11) is 3.43. The summed E-state index contributed by atoms with van der Waals surface area (Å²) in [6.45, 7) is 2.53. The predicted octanol–water partition coefficient (Wildman–Crippen LogP) is 3.53. The molecule has 0 aliphatic rings. The second-order valence-corrected chi connectivity index (χ2v) is 4.54. The van der Waals surface area contributed by atoms with Gasteiger partial charge in [0.2, 0.25) is 0 Å². The van der Waals surface area contributed by atoms with Gasteiger partial charge in [-0.3, -0.25) is 0 Å². The molecule has 0 radical (unpaired) electrons. The number of aryl methyl sites for hydroxylation is 1. The monoisotopic (exact) mass is 259 g/mol. The Morgan fingerprint density at radius 1 is 1.16 bits per heavy atom. The molecule has 1 N–H and O–H groups in total. The molecule has 2 rings (SSSR count). The lowest BCUT2D eigenvalue weighted by atomic mass is 10.0. The van der Waals surface area contributed by atoms with Crippen LogP contribution in [0.1, 0.15) is 11.1 Å². The van der Waals surface area contributed by atoms with Crippen molar-refractivity contribution in [1.82, 2.24) is 5.32 Å². The molecule has 0 bridgehead atoms. The highest BCUT2D eigenvalue weighted by molar-refractivity contribution is 5.71. The third kappa shape index (κ3) is 2.93. The summed E-state index contributed by atoms with van der Waals surface area (Å²) in [6.07, 6.45) is 0. The number of nitrogens with one attached hydrogen (secondary N) is 1. The van der Waals surface area contributed by atoms with Gasteiger partial charge in [0.1, 0.15) is 11.6 Å². The summed E-state index contributed by atoms with van der Waals surface area (Å²) in [4.78, 5) is 0. The normalized spacial score (nSPS) is 10.5. The van der Waals surface area contributed by atoms with Gasteiger partial charge < -0.3 is 10.1 Å². The first kappa shape index (κ1) is 13.6. The molecule has 3 heteroatoms. The van der Waals surface area contributed by atoms with Crippen molar-refractivity contribution >= 4 is 0 Å². The average Bonchev–Trinajstić information content (AvgIpc) is 2.41. The smallest absolute Gasteiger partial charge is 0.128 e. The third-order valence-electron chi connectivity index (χ3n) is 3.09. The highest BCUT2D eigenvalue weighted by Crippen LogP contribution is 2.31. The maximum Gasteiger partial charge on any atom is 0.128 e. The molecule has 19 heavy (non-hydrogen) atoms. The lowest BCUT2D eigenvalue weighted by Crippen LogP contribution is -2.06. The summed E-state index contributed by atoms with van der Waals surface area (Å²) >= 11 is 0. The van der Waals surface area contributed by atoms with E-state index in [2.05, 4.69) is 5.32 Å². The fraction of sp³-hybridized carbons (Fsp3) is 0.250. The largest absolute Gasteiger partial charge is 0.496 e. The van der Waals surface area contributed by atoms with E-state index in [9.17, 15) is 4.39 Å². The van der Waals surface area contributed by atoms with E-state index in [1.807, 2.05) is 37.3 Å². The van der Waals surface area contributed by atoms with Gasteiger partial charge in [0.05, 0.1) is 7.11 Å². The molecule has 0 atom stereocenters. The van der Waals surface area contributed by atoms with Crippen LogP contribution in [0.15, 0.2) is 36.4 Å². The Balaban J connectivity index is 2.47. The summed E-state index contributed by atoms with van der Waals surface area (Å²) in [5.74, 6) is 0.557. The highest BCUT2D eigenvalue weighted by atomic mass is 19.1. The molecular weight excluding hydrogens is 241 g/mol. The number of ether oxygens (including phenoxy) is 1. The van der Waals surface area contributed by atoms with Gasteiger partial charge in [-0.05, 0) is 37.7 Å². The quantitative estimate of drug-likeness (QED) is 0.907. The van der Waals surface area contributed by atoms with E-state index in [1.54, 1.807) is 20.2 Å². The number of hydrogen-bond donors (Lipinski definition) is 1. The Bertz CT molecular complexity index is 581. The van der Waals surface area contributed by atoms with Crippen molar-refractivity contribution in [2.45, 2.75) is 13.5 Å². The van der Waals surface area contributed by atoms with Gasteiger partial charge in [-0.2, -0.15) is 0 Å². The number of halogens is 1. The molecule has 0 amide bonds. The maximum atomic E-state index is 14.0. The summed E-state index contributed by atoms with van der Waals surface area (Å²) in [5, 5.41) is 2.95. The summed E-state index contributed by atoms with van der Waals surface area (Å²) < 4.78 is 19.3. The average molecular weight is 259 g/mol. The van der Waals surface area contributed by atoms with Gasteiger partial charge in [-0.25, -0.2) is 4.39 Å². The number of hydrogen-bond acceptors (Lipinski definition) is 2. The summed E-state index contributed by atoms with van der Waals surface area (Å²) in [5.41, 5.74) is 3.53. The Hall–Kier alpha value is -1.87. The highest BCUT2D eigenvalue weighted by Gasteiger charge is 2.09. The van der Waals surface area contributed by atoms with Gasteiger partial charge in [-0.1, -0.05) is 23.8 Å². The van der Waals surface area contributed by atoms with Gasteiger partial charge in [0, 0.05) is 17.7 Å². The number of benzene rings is 2. The van der Waals surface area contributed by atoms with Crippen LogP contribution in [0.5, 0.6) is 5.75 Å². The van der Waals surface area contributed by atoms with Crippen LogP contribution in [0.3, 0.4) is 0 Å². The van der Waals surface area contributed by atoms with Crippen LogP contribution in [0, 0.1) is 12.7 Å². The lowest BCUT2D eigenvalue weighted by molar-refractivity contribution is 0.416. The fourth-order valence-corrected chi connectivity index (χ4v) is 2.10. The van der Waals surface area contributed by atoms with Crippen molar-refractivity contribution in [1.29, 1.82) is 0 Å². The zero-order valence-electron chi connectivity index (χ0n) is 11.5. The van der Waals surface area contributed by atoms with E-state index in [0.29, 0.717) is 12.1 Å². The van der Waals surface area contributed by atoms with Crippen molar-refractivity contribution in [2.24, 2.45) is 0 Å². The second kappa shape index (κ2) is 5.85. The van der Waals surface area contributed by atoms with Crippen LogP contribution in [0.4, 0.5) is 4.39 Å². The van der Waals surface area contributed by atoms with Crippen molar-refractivity contribution in [3.63, 3.8) is 0 Å². The molecule has 0 saturated heterocycles. The first-order valence-corrected chi connectivity index (χ1v) is 6.23. The number of methoxy groups -OCH3 is 1. The van der Waals surface area contributed by atoms with E-state index in [-0.39, 0.29) is 5.82 Å². The molecular formula is C16H18FNO. The molecule has 0 spiro atoms. The van der Waals surface area contributed by atoms with Crippen molar-refractivity contribution < 1.29 is 9.13 Å². The van der Waals surface area contributed by atoms with E-state index < -0.39 is 0 Å². The first-order chi connectivity index (χ1) is 9.15. The van der Waals surface area contributed by atoms with Gasteiger partial charge >= 0.3 is 0 Å². The molecule has 0 aromatic heterocycles. The van der Waals surface area contributed by atoms with Crippen LogP contribution < -0.4 is 10.1 Å². The van der Waals surface area contributed by atoms with Crippen LogP contribution in [-0.4, -0.2) is 14.2 Å². The Morgan fingerprint density at radius 2 is 1.95 bits per heavy atom. The minimum absolute atomic E-state index is 0.199. The summed E-state index contributed by atoms with van der Waals surface area (Å²) in [6, 6.07) is 11.2. The van der Waals surface area contributed by atoms with Crippen LogP contribution in [-0.2, 0) is 6.54 Å². The zero-order valence-corrected chi connectivity index (χ0v) is 11.5. The van der Waals surface area contributed by atoms with Gasteiger partial charge in [-0.15, -0.1) is 0 Å². The maximum absolute atomic E-state index is 14.0. The fourth-order valence-electron chi connectivity index (χ4n) is 2.10. The molecule has 0 fully saturated rings. The third-order valence-corrected chi connectivity index (χ3v) is 3.09. The minimum atomic E-state index is -0.199. The SMILES string of the molecule is CNCc1ccc(-c2cc(C)ccc2OC)cc1F. The molecule has 0 aliphatic heterocycles. The second-order valence-electron chi connectivity index (χ2n) is 4.54. The van der Waals surface area contributed by atoms with Crippen LogP contribution in [0.25, 0.3) is 11.1 Å². The molecule has 2 aromatic carbocycles. The van der Waals surface area contributed by atoms with Gasteiger partial charge in [0.15, 0.2) is 0 Å². The molecule has 0 saturated carbocycles. The van der Waals surface area contributed by atoms with E-state index >= 15 is 0 Å². The predicted molar refractivity (Wildman–Crippen MR) is 75.9 cm³/mol. The Kier molecular flexibility index (Phi) is 4.17. The topological polar surface area (TPSA) is 21.3 Å². The minimum Gasteiger partial charge on any atom is -0.496 e. The van der Waals surface area contributed by atoms with E-state index in [1.165, 1.54) is 0 Å². The van der Waals surface area contributed by atoms with Gasteiger partial charge in [0.25, 0.3) is 0 Å². The van der Waals surface area contributed by atoms with E-state index in [4.69, 9.17) is 4.74 Å². The van der Waals surface area contributed by atoms with E-state index in [0.717, 1.165) is 22.4 Å². The Morgan fingerprint density at radius 3 is 2.58 bits per heavy atom. The van der Waals surface area contributed by atoms with Crippen LogP contribution >= 0.6 is 0 Å². The molecule has 0 unspecified atom stereocenters. The molecule has 2 nitrogen and oxygen atoms in total. The molecule has 0 aliphatic carbocycles. The molecule has 2 aromatic rings. The van der Waals surface area contributed by atoms with Crippen molar-refractivity contribution in [2.75, 3.05) is 14.2 Å². The Labute approximate surface area is 113 Å². The number of rotatable bonds is 4. The van der Waals surface area contributed by atoms with Crippen molar-refractivity contribution in [3.05, 3.63) is 53.3 Å². The standard InChI is InChI=1S/C16H18FNO/c1-11-4-7-16(19-3)14(8-11)12-5-6-13(10-18-2)15(17)9-12/h4-9,18H,10H2,1-3H3. The lowest BCUT2D eigenvalue weighted by Gasteiger charge is -2.11. The molecule has 100 valence electrons. The zero-order chi connectivity index (χ0) is 13.8. The van der Waals surface area contributed by atoms with Crippen molar-refractivity contribution in [3.8, 4) is 16.9 Å². The molecule has 0 heterocycles. The first-order valence-electron chi connectivity index (χ1n) is 6.23. The van der Waals surface area contributed by atoms with Crippen LogP contribution in [0.2, 0.25) is 0 Å².